The summed E-state index contributed by atoms with van der Waals surface area (Å²) in [7, 11) is 0. The molecule has 0 fully saturated rings. The highest BCUT2D eigenvalue weighted by Crippen LogP contribution is 2.22. The molecule has 2 aromatic rings. The van der Waals surface area contributed by atoms with Crippen LogP contribution < -0.4 is 11.1 Å². The van der Waals surface area contributed by atoms with Crippen LogP contribution in [0.5, 0.6) is 0 Å². The van der Waals surface area contributed by atoms with Crippen molar-refractivity contribution in [2.24, 2.45) is 0 Å². The van der Waals surface area contributed by atoms with Gasteiger partial charge in [-0.1, -0.05) is 0 Å². The van der Waals surface area contributed by atoms with Gasteiger partial charge in [0.25, 0.3) is 0 Å². The zero-order valence-corrected chi connectivity index (χ0v) is 9.27. The summed E-state index contributed by atoms with van der Waals surface area (Å²) in [6.45, 7) is 3.90. The molecule has 84 valence electrons. The quantitative estimate of drug-likeness (QED) is 0.825. The van der Waals surface area contributed by atoms with Crippen LogP contribution in [-0.4, -0.2) is 9.97 Å². The Morgan fingerprint density at radius 3 is 2.88 bits per heavy atom. The van der Waals surface area contributed by atoms with Crippen LogP contribution >= 0.6 is 0 Å². The molecule has 5 heteroatoms. The molecular formula is C11H14N4O. The van der Waals surface area contributed by atoms with Crippen molar-refractivity contribution in [1.82, 2.24) is 9.97 Å². The van der Waals surface area contributed by atoms with Gasteiger partial charge in [0.1, 0.15) is 17.8 Å². The van der Waals surface area contributed by atoms with Crippen molar-refractivity contribution >= 4 is 11.5 Å². The third kappa shape index (κ3) is 2.13. The highest BCUT2D eigenvalue weighted by Gasteiger charge is 2.11. The summed E-state index contributed by atoms with van der Waals surface area (Å²) in [5, 5.41) is 3.17. The molecule has 0 aliphatic rings. The Labute approximate surface area is 93.7 Å². The fraction of sp³-hybridized carbons (Fsp3) is 0.273. The van der Waals surface area contributed by atoms with Gasteiger partial charge in [0.2, 0.25) is 0 Å². The molecule has 1 atom stereocenters. The second kappa shape index (κ2) is 4.22. The molecular weight excluding hydrogens is 204 g/mol. The van der Waals surface area contributed by atoms with E-state index in [0.29, 0.717) is 11.5 Å². The molecule has 1 unspecified atom stereocenters. The molecule has 0 radical (unpaired) electrons. The fourth-order valence-corrected chi connectivity index (χ4v) is 1.42. The molecule has 0 aliphatic carbocycles. The standard InChI is InChI=1S/C11H14N4O/c1-7-3-4-10(16-7)8(2)15-11-9(12)5-13-6-14-11/h3-6,8H,12H2,1-2H3,(H,13,14,15). The molecule has 2 heterocycles. The van der Waals surface area contributed by atoms with Gasteiger partial charge in [-0.15, -0.1) is 0 Å². The van der Waals surface area contributed by atoms with Crippen LogP contribution in [-0.2, 0) is 0 Å². The lowest BCUT2D eigenvalue weighted by molar-refractivity contribution is 0.466. The summed E-state index contributed by atoms with van der Waals surface area (Å²) >= 11 is 0. The predicted molar refractivity (Wildman–Crippen MR) is 61.9 cm³/mol. The number of nitrogen functional groups attached to an aromatic ring is 1. The number of nitrogens with two attached hydrogens (primary N) is 1. The van der Waals surface area contributed by atoms with E-state index in [-0.39, 0.29) is 6.04 Å². The Morgan fingerprint density at radius 2 is 2.25 bits per heavy atom. The number of anilines is 2. The molecule has 3 N–H and O–H groups in total. The zero-order chi connectivity index (χ0) is 11.5. The molecule has 0 aliphatic heterocycles. The monoisotopic (exact) mass is 218 g/mol. The second-order valence-corrected chi connectivity index (χ2v) is 3.64. The number of furan rings is 1. The first-order valence-corrected chi connectivity index (χ1v) is 5.05. The Kier molecular flexibility index (Phi) is 2.76. The van der Waals surface area contributed by atoms with Crippen molar-refractivity contribution < 1.29 is 4.42 Å². The summed E-state index contributed by atoms with van der Waals surface area (Å²) in [6.07, 6.45) is 3.02. The van der Waals surface area contributed by atoms with Gasteiger partial charge in [-0.25, -0.2) is 9.97 Å². The average Bonchev–Trinajstić information content (AvgIpc) is 2.68. The number of nitrogens with zero attached hydrogens (tertiary/aromatic N) is 2. The number of rotatable bonds is 3. The maximum absolute atomic E-state index is 5.73. The first kappa shape index (κ1) is 10.5. The van der Waals surface area contributed by atoms with E-state index in [4.69, 9.17) is 10.2 Å². The minimum absolute atomic E-state index is 0.0194. The molecule has 5 nitrogen and oxygen atoms in total. The smallest absolute Gasteiger partial charge is 0.153 e. The van der Waals surface area contributed by atoms with E-state index in [0.717, 1.165) is 11.5 Å². The van der Waals surface area contributed by atoms with Crippen LogP contribution in [0, 0.1) is 6.92 Å². The van der Waals surface area contributed by atoms with E-state index in [2.05, 4.69) is 15.3 Å². The Hall–Kier alpha value is -2.04. The van der Waals surface area contributed by atoms with Gasteiger partial charge < -0.3 is 15.5 Å². The lowest BCUT2D eigenvalue weighted by Crippen LogP contribution is -2.09. The molecule has 2 rings (SSSR count). The zero-order valence-electron chi connectivity index (χ0n) is 9.27. The van der Waals surface area contributed by atoms with Crippen LogP contribution in [0.15, 0.2) is 29.1 Å². The number of aryl methyl sites for hydroxylation is 1. The highest BCUT2D eigenvalue weighted by atomic mass is 16.3. The Balaban J connectivity index is 2.13. The summed E-state index contributed by atoms with van der Waals surface area (Å²) in [5.74, 6) is 2.37. The topological polar surface area (TPSA) is 77.0 Å². The molecule has 0 amide bonds. The summed E-state index contributed by atoms with van der Waals surface area (Å²) < 4.78 is 5.51. The van der Waals surface area contributed by atoms with Gasteiger partial charge in [-0.3, -0.25) is 0 Å². The third-order valence-electron chi connectivity index (χ3n) is 2.28. The lowest BCUT2D eigenvalue weighted by atomic mass is 10.2. The number of hydrogen-bond acceptors (Lipinski definition) is 5. The maximum Gasteiger partial charge on any atom is 0.153 e. The van der Waals surface area contributed by atoms with Crippen molar-refractivity contribution in [1.29, 1.82) is 0 Å². The average molecular weight is 218 g/mol. The predicted octanol–water partition coefficient (Wildman–Crippen LogP) is 2.13. The lowest BCUT2D eigenvalue weighted by Gasteiger charge is -2.12. The van der Waals surface area contributed by atoms with Gasteiger partial charge in [0.05, 0.1) is 17.9 Å². The first-order valence-electron chi connectivity index (χ1n) is 5.05. The molecule has 0 saturated carbocycles. The molecule has 0 aromatic carbocycles. The van der Waals surface area contributed by atoms with E-state index < -0.39 is 0 Å². The number of aromatic nitrogens is 2. The molecule has 16 heavy (non-hydrogen) atoms. The van der Waals surface area contributed by atoms with Crippen LogP contribution in [0.3, 0.4) is 0 Å². The summed E-state index contributed by atoms with van der Waals surface area (Å²) in [6, 6.07) is 3.88. The number of nitrogens with one attached hydrogen (secondary N) is 1. The molecule has 0 bridgehead atoms. The highest BCUT2D eigenvalue weighted by molar-refractivity contribution is 5.59. The van der Waals surface area contributed by atoms with Crippen LogP contribution in [0.25, 0.3) is 0 Å². The van der Waals surface area contributed by atoms with Crippen LogP contribution in [0.2, 0.25) is 0 Å². The van der Waals surface area contributed by atoms with Crippen molar-refractivity contribution in [3.63, 3.8) is 0 Å². The molecule has 0 saturated heterocycles. The van der Waals surface area contributed by atoms with Gasteiger partial charge in [0, 0.05) is 0 Å². The number of hydrogen-bond donors (Lipinski definition) is 2. The van der Waals surface area contributed by atoms with Crippen molar-refractivity contribution in [2.75, 3.05) is 11.1 Å². The summed E-state index contributed by atoms with van der Waals surface area (Å²) in [5.41, 5.74) is 6.26. The second-order valence-electron chi connectivity index (χ2n) is 3.64. The first-order chi connectivity index (χ1) is 7.66. The normalized spacial score (nSPS) is 12.4. The fourth-order valence-electron chi connectivity index (χ4n) is 1.42. The third-order valence-corrected chi connectivity index (χ3v) is 2.28. The molecule has 2 aromatic heterocycles. The van der Waals surface area contributed by atoms with Gasteiger partial charge >= 0.3 is 0 Å². The minimum atomic E-state index is 0.0194. The van der Waals surface area contributed by atoms with E-state index in [1.54, 1.807) is 6.20 Å². The van der Waals surface area contributed by atoms with Crippen LogP contribution in [0.4, 0.5) is 11.5 Å². The Morgan fingerprint density at radius 1 is 1.44 bits per heavy atom. The van der Waals surface area contributed by atoms with Crippen molar-refractivity contribution in [2.45, 2.75) is 19.9 Å². The SMILES string of the molecule is Cc1ccc(C(C)Nc2ncncc2N)o1. The Bertz CT molecular complexity index is 480. The van der Waals surface area contributed by atoms with E-state index in [1.807, 2.05) is 26.0 Å². The minimum Gasteiger partial charge on any atom is -0.464 e. The maximum atomic E-state index is 5.73. The summed E-state index contributed by atoms with van der Waals surface area (Å²) in [4.78, 5) is 7.89. The van der Waals surface area contributed by atoms with E-state index >= 15 is 0 Å². The van der Waals surface area contributed by atoms with Crippen molar-refractivity contribution in [3.8, 4) is 0 Å². The van der Waals surface area contributed by atoms with Gasteiger partial charge in [0.15, 0.2) is 5.82 Å². The van der Waals surface area contributed by atoms with Gasteiger partial charge in [-0.05, 0) is 26.0 Å². The van der Waals surface area contributed by atoms with Crippen molar-refractivity contribution in [3.05, 3.63) is 36.2 Å². The van der Waals surface area contributed by atoms with Gasteiger partial charge in [-0.2, -0.15) is 0 Å². The van der Waals surface area contributed by atoms with E-state index in [1.165, 1.54) is 6.33 Å². The van der Waals surface area contributed by atoms with Crippen LogP contribution in [0.1, 0.15) is 24.5 Å². The van der Waals surface area contributed by atoms with E-state index in [9.17, 15) is 0 Å². The molecule has 0 spiro atoms. The largest absolute Gasteiger partial charge is 0.464 e.